The first-order chi connectivity index (χ1) is 13.5. The van der Waals surface area contributed by atoms with E-state index in [2.05, 4.69) is 21.6 Å². The van der Waals surface area contributed by atoms with Crippen LogP contribution in [0, 0.1) is 18.3 Å². The van der Waals surface area contributed by atoms with Crippen LogP contribution in [0.25, 0.3) is 0 Å². The summed E-state index contributed by atoms with van der Waals surface area (Å²) in [6.45, 7) is 5.12. The van der Waals surface area contributed by atoms with Crippen molar-refractivity contribution in [3.63, 3.8) is 0 Å². The summed E-state index contributed by atoms with van der Waals surface area (Å²) in [6.07, 6.45) is 3.96. The van der Waals surface area contributed by atoms with E-state index in [0.717, 1.165) is 61.5 Å². The van der Waals surface area contributed by atoms with Crippen LogP contribution in [0.4, 0.5) is 17.5 Å². The van der Waals surface area contributed by atoms with E-state index in [-0.39, 0.29) is 11.9 Å². The molecule has 1 aliphatic carbocycles. The lowest BCUT2D eigenvalue weighted by Crippen LogP contribution is -2.36. The number of anilines is 3. The Kier molecular flexibility index (Phi) is 4.86. The van der Waals surface area contributed by atoms with Crippen molar-refractivity contribution in [2.24, 2.45) is 0 Å². The summed E-state index contributed by atoms with van der Waals surface area (Å²) in [5.41, 5.74) is 4.73. The van der Waals surface area contributed by atoms with E-state index in [1.54, 1.807) is 6.92 Å². The molecular weight excluding hydrogens is 352 g/mol. The van der Waals surface area contributed by atoms with Crippen molar-refractivity contribution in [2.45, 2.75) is 45.6 Å². The van der Waals surface area contributed by atoms with Gasteiger partial charge in [0, 0.05) is 37.3 Å². The first kappa shape index (κ1) is 18.2. The molecule has 0 radical (unpaired) electrons. The van der Waals surface area contributed by atoms with Gasteiger partial charge in [0.05, 0.1) is 17.3 Å². The zero-order valence-electron chi connectivity index (χ0n) is 16.2. The van der Waals surface area contributed by atoms with Crippen molar-refractivity contribution in [3.05, 3.63) is 40.6 Å². The molecule has 1 fully saturated rings. The Labute approximate surface area is 164 Å². The van der Waals surface area contributed by atoms with E-state index in [4.69, 9.17) is 9.97 Å². The molecule has 2 N–H and O–H groups in total. The molecule has 1 atom stereocenters. The fraction of sp³-hybridized carbons (Fsp3) is 0.429. The van der Waals surface area contributed by atoms with Gasteiger partial charge in [0.25, 0.3) is 0 Å². The number of nitrogens with zero attached hydrogens (tertiary/aromatic N) is 4. The molecule has 2 heterocycles. The summed E-state index contributed by atoms with van der Waals surface area (Å²) < 4.78 is 0. The molecule has 1 aliphatic heterocycles. The van der Waals surface area contributed by atoms with Crippen molar-refractivity contribution in [1.29, 1.82) is 5.26 Å². The lowest BCUT2D eigenvalue weighted by molar-refractivity contribution is -0.119. The van der Waals surface area contributed by atoms with E-state index in [9.17, 15) is 10.1 Å². The Hall–Kier alpha value is -3.14. The molecule has 144 valence electrons. The lowest BCUT2D eigenvalue weighted by Gasteiger charge is -2.21. The third-order valence-electron chi connectivity index (χ3n) is 5.42. The SMILES string of the molecule is CC(=O)NC1CCN(c2nc(Nc3ccc(C)c(C#N)c3)nc3c2CCC3)C1. The van der Waals surface area contributed by atoms with E-state index in [1.165, 1.54) is 5.56 Å². The van der Waals surface area contributed by atoms with Gasteiger partial charge in [-0.3, -0.25) is 4.79 Å². The minimum atomic E-state index is 0.00906. The van der Waals surface area contributed by atoms with Gasteiger partial charge in [0.2, 0.25) is 11.9 Å². The lowest BCUT2D eigenvalue weighted by atomic mass is 10.1. The number of amides is 1. The molecule has 2 aromatic rings. The van der Waals surface area contributed by atoms with Crippen LogP contribution in [0.3, 0.4) is 0 Å². The zero-order valence-corrected chi connectivity index (χ0v) is 16.2. The number of aromatic nitrogens is 2. The molecule has 28 heavy (non-hydrogen) atoms. The predicted octanol–water partition coefficient (Wildman–Crippen LogP) is 2.60. The number of hydrogen-bond donors (Lipinski definition) is 2. The van der Waals surface area contributed by atoms with Crippen molar-refractivity contribution in [1.82, 2.24) is 15.3 Å². The van der Waals surface area contributed by atoms with Crippen LogP contribution in [0.15, 0.2) is 18.2 Å². The second-order valence-corrected chi connectivity index (χ2v) is 7.55. The zero-order chi connectivity index (χ0) is 19.7. The standard InChI is InChI=1S/C21H24N6O/c1-13-6-7-16(10-15(13)11-22)24-21-25-19-5-3-4-18(19)20(26-21)27-9-8-17(12-27)23-14(2)28/h6-7,10,17H,3-5,8-9,12H2,1-2H3,(H,23,28)(H,24,25,26). The number of nitriles is 1. The molecule has 0 bridgehead atoms. The number of fused-ring (bicyclic) bond motifs is 1. The van der Waals surface area contributed by atoms with Crippen molar-refractivity contribution in [2.75, 3.05) is 23.3 Å². The van der Waals surface area contributed by atoms with Crippen LogP contribution in [0.5, 0.6) is 0 Å². The van der Waals surface area contributed by atoms with Gasteiger partial charge in [-0.05, 0) is 50.3 Å². The van der Waals surface area contributed by atoms with Gasteiger partial charge in [-0.1, -0.05) is 6.07 Å². The van der Waals surface area contributed by atoms with Crippen LogP contribution < -0.4 is 15.5 Å². The first-order valence-corrected chi connectivity index (χ1v) is 9.73. The fourth-order valence-corrected chi connectivity index (χ4v) is 4.04. The van der Waals surface area contributed by atoms with Gasteiger partial charge in [-0.25, -0.2) is 4.98 Å². The molecule has 0 saturated carbocycles. The average Bonchev–Trinajstić information content (AvgIpc) is 3.31. The number of nitrogens with one attached hydrogen (secondary N) is 2. The number of rotatable bonds is 4. The third kappa shape index (κ3) is 3.63. The van der Waals surface area contributed by atoms with Crippen molar-refractivity contribution in [3.8, 4) is 6.07 Å². The molecule has 2 aliphatic rings. The Morgan fingerprint density at radius 2 is 2.18 bits per heavy atom. The summed E-state index contributed by atoms with van der Waals surface area (Å²) in [4.78, 5) is 23.2. The number of carbonyl (C=O) groups excluding carboxylic acids is 1. The summed E-state index contributed by atoms with van der Waals surface area (Å²) in [7, 11) is 0. The van der Waals surface area contributed by atoms with Crippen LogP contribution in [-0.2, 0) is 17.6 Å². The summed E-state index contributed by atoms with van der Waals surface area (Å²) in [6, 6.07) is 8.07. The van der Waals surface area contributed by atoms with Crippen molar-refractivity contribution < 1.29 is 4.79 Å². The van der Waals surface area contributed by atoms with Gasteiger partial charge in [-0.15, -0.1) is 0 Å². The number of carbonyl (C=O) groups is 1. The van der Waals surface area contributed by atoms with Gasteiger partial charge < -0.3 is 15.5 Å². The Morgan fingerprint density at radius 3 is 2.96 bits per heavy atom. The van der Waals surface area contributed by atoms with E-state index < -0.39 is 0 Å². The summed E-state index contributed by atoms with van der Waals surface area (Å²) >= 11 is 0. The highest BCUT2D eigenvalue weighted by molar-refractivity contribution is 5.73. The van der Waals surface area contributed by atoms with Crippen LogP contribution in [-0.4, -0.2) is 35.0 Å². The molecule has 1 saturated heterocycles. The third-order valence-corrected chi connectivity index (χ3v) is 5.42. The van der Waals surface area contributed by atoms with Crippen LogP contribution in [0.1, 0.15) is 42.1 Å². The maximum Gasteiger partial charge on any atom is 0.229 e. The Morgan fingerprint density at radius 1 is 1.32 bits per heavy atom. The first-order valence-electron chi connectivity index (χ1n) is 9.73. The molecule has 1 aromatic heterocycles. The number of benzene rings is 1. The topological polar surface area (TPSA) is 93.9 Å². The normalized spacial score (nSPS) is 17.9. The molecular formula is C21H24N6O. The smallest absolute Gasteiger partial charge is 0.229 e. The van der Waals surface area contributed by atoms with E-state index in [0.29, 0.717) is 11.5 Å². The average molecular weight is 376 g/mol. The van der Waals surface area contributed by atoms with E-state index in [1.807, 2.05) is 25.1 Å². The van der Waals surface area contributed by atoms with Gasteiger partial charge >= 0.3 is 0 Å². The summed E-state index contributed by atoms with van der Waals surface area (Å²) in [5, 5.41) is 15.5. The number of aryl methyl sites for hydroxylation is 2. The minimum Gasteiger partial charge on any atom is -0.354 e. The molecule has 4 rings (SSSR count). The van der Waals surface area contributed by atoms with Gasteiger partial charge in [-0.2, -0.15) is 10.2 Å². The maximum absolute atomic E-state index is 11.4. The van der Waals surface area contributed by atoms with Crippen molar-refractivity contribution >= 4 is 23.4 Å². The molecule has 1 aromatic carbocycles. The van der Waals surface area contributed by atoms with Gasteiger partial charge in [0.1, 0.15) is 5.82 Å². The molecule has 1 amide bonds. The van der Waals surface area contributed by atoms with E-state index >= 15 is 0 Å². The van der Waals surface area contributed by atoms with Crippen LogP contribution >= 0.6 is 0 Å². The largest absolute Gasteiger partial charge is 0.354 e. The highest BCUT2D eigenvalue weighted by Crippen LogP contribution is 2.32. The monoisotopic (exact) mass is 376 g/mol. The maximum atomic E-state index is 11.4. The highest BCUT2D eigenvalue weighted by atomic mass is 16.1. The summed E-state index contributed by atoms with van der Waals surface area (Å²) in [5.74, 6) is 1.55. The molecule has 1 unspecified atom stereocenters. The minimum absolute atomic E-state index is 0.00906. The van der Waals surface area contributed by atoms with Crippen LogP contribution in [0.2, 0.25) is 0 Å². The van der Waals surface area contributed by atoms with Gasteiger partial charge in [0.15, 0.2) is 0 Å². The molecule has 7 nitrogen and oxygen atoms in total. The Balaban J connectivity index is 1.61. The fourth-order valence-electron chi connectivity index (χ4n) is 4.04. The second-order valence-electron chi connectivity index (χ2n) is 7.55. The predicted molar refractivity (Wildman–Crippen MR) is 108 cm³/mol. The number of hydrogen-bond acceptors (Lipinski definition) is 6. The molecule has 7 heteroatoms. The molecule has 0 spiro atoms. The second kappa shape index (κ2) is 7.47. The highest BCUT2D eigenvalue weighted by Gasteiger charge is 2.29. The quantitative estimate of drug-likeness (QED) is 0.852. The Bertz CT molecular complexity index is 964.